The van der Waals surface area contributed by atoms with E-state index in [2.05, 4.69) is 5.43 Å². The van der Waals surface area contributed by atoms with Gasteiger partial charge in [0.1, 0.15) is 0 Å². The molecule has 0 saturated heterocycles. The summed E-state index contributed by atoms with van der Waals surface area (Å²) in [6.07, 6.45) is 0. The quantitative estimate of drug-likeness (QED) is 0.600. The number of rotatable bonds is 2. The lowest BCUT2D eigenvalue weighted by atomic mass is 10.1. The van der Waals surface area contributed by atoms with Crippen molar-refractivity contribution in [2.75, 3.05) is 5.43 Å². The molecule has 0 aliphatic carbocycles. The van der Waals surface area contributed by atoms with Gasteiger partial charge in [0.15, 0.2) is 0 Å². The molecule has 0 bridgehead atoms. The molecule has 0 saturated carbocycles. The summed E-state index contributed by atoms with van der Waals surface area (Å²) >= 11 is 6.12. The first-order valence-corrected chi connectivity index (χ1v) is 5.00. The molecule has 0 aliphatic heterocycles. The van der Waals surface area contributed by atoms with Gasteiger partial charge in [0.05, 0.1) is 0 Å². The summed E-state index contributed by atoms with van der Waals surface area (Å²) < 4.78 is 0. The van der Waals surface area contributed by atoms with Crippen molar-refractivity contribution in [1.29, 1.82) is 0 Å². The van der Waals surface area contributed by atoms with Gasteiger partial charge in [-0.3, -0.25) is 5.84 Å². The van der Waals surface area contributed by atoms with Gasteiger partial charge in [0.25, 0.3) is 0 Å². The molecule has 3 heteroatoms. The fourth-order valence-electron chi connectivity index (χ4n) is 1.45. The molecule has 3 N–H and O–H groups in total. The first-order chi connectivity index (χ1) is 7.31. The number of hydrazine groups is 1. The maximum Gasteiger partial charge on any atom is 0.0492 e. The summed E-state index contributed by atoms with van der Waals surface area (Å²) in [6.45, 7) is 0. The van der Waals surface area contributed by atoms with E-state index < -0.39 is 0 Å². The maximum atomic E-state index is 6.12. The highest BCUT2D eigenvalue weighted by Crippen LogP contribution is 2.29. The molecule has 0 radical (unpaired) electrons. The van der Waals surface area contributed by atoms with E-state index >= 15 is 0 Å². The van der Waals surface area contributed by atoms with Crippen LogP contribution < -0.4 is 11.3 Å². The normalized spacial score (nSPS) is 10.0. The minimum absolute atomic E-state index is 0.722. The van der Waals surface area contributed by atoms with Crippen molar-refractivity contribution in [2.45, 2.75) is 0 Å². The Morgan fingerprint density at radius 3 is 2.40 bits per heavy atom. The van der Waals surface area contributed by atoms with Crippen molar-refractivity contribution >= 4 is 17.3 Å². The van der Waals surface area contributed by atoms with Gasteiger partial charge in [-0.2, -0.15) is 0 Å². The van der Waals surface area contributed by atoms with Crippen molar-refractivity contribution in [3.05, 3.63) is 53.6 Å². The number of benzene rings is 2. The number of nitrogens with one attached hydrogen (secondary N) is 1. The molecule has 2 aromatic carbocycles. The minimum atomic E-state index is 0.722. The number of nitrogens with two attached hydrogens (primary N) is 1. The lowest BCUT2D eigenvalue weighted by Crippen LogP contribution is -2.06. The molecule has 2 aromatic rings. The zero-order valence-corrected chi connectivity index (χ0v) is 8.83. The van der Waals surface area contributed by atoms with E-state index in [1.54, 1.807) is 0 Å². The van der Waals surface area contributed by atoms with Gasteiger partial charge in [0.2, 0.25) is 0 Å². The standard InChI is InChI=1S/C12H11ClN2/c13-12-7-6-10(15-14)8-11(12)9-4-2-1-3-5-9/h1-8,15H,14H2. The molecule has 0 aliphatic rings. The van der Waals surface area contributed by atoms with E-state index in [0.717, 1.165) is 21.8 Å². The predicted molar refractivity (Wildman–Crippen MR) is 64.7 cm³/mol. The highest BCUT2D eigenvalue weighted by atomic mass is 35.5. The van der Waals surface area contributed by atoms with Gasteiger partial charge >= 0.3 is 0 Å². The number of nitrogen functional groups attached to an aromatic ring is 1. The summed E-state index contributed by atoms with van der Waals surface area (Å²) in [5.41, 5.74) is 5.51. The van der Waals surface area contributed by atoms with Crippen LogP contribution in [0.3, 0.4) is 0 Å². The average Bonchev–Trinajstić information content (AvgIpc) is 2.31. The Labute approximate surface area is 93.7 Å². The van der Waals surface area contributed by atoms with E-state index in [0.29, 0.717) is 0 Å². The summed E-state index contributed by atoms with van der Waals surface area (Å²) in [5.74, 6) is 5.35. The Morgan fingerprint density at radius 1 is 1.00 bits per heavy atom. The summed E-state index contributed by atoms with van der Waals surface area (Å²) in [4.78, 5) is 0. The van der Waals surface area contributed by atoms with Crippen molar-refractivity contribution in [2.24, 2.45) is 5.84 Å². The highest BCUT2D eigenvalue weighted by Gasteiger charge is 2.03. The molecule has 0 unspecified atom stereocenters. The van der Waals surface area contributed by atoms with Crippen LogP contribution in [-0.2, 0) is 0 Å². The second-order valence-electron chi connectivity index (χ2n) is 3.20. The lowest BCUT2D eigenvalue weighted by Gasteiger charge is -2.07. The van der Waals surface area contributed by atoms with E-state index in [-0.39, 0.29) is 0 Å². The molecule has 15 heavy (non-hydrogen) atoms. The van der Waals surface area contributed by atoms with Crippen molar-refractivity contribution < 1.29 is 0 Å². The van der Waals surface area contributed by atoms with Crippen LogP contribution in [0.5, 0.6) is 0 Å². The Morgan fingerprint density at radius 2 is 1.73 bits per heavy atom. The first kappa shape index (κ1) is 10.0. The minimum Gasteiger partial charge on any atom is -0.324 e. The van der Waals surface area contributed by atoms with Crippen molar-refractivity contribution in [1.82, 2.24) is 0 Å². The fraction of sp³-hybridized carbons (Fsp3) is 0. The molecular formula is C12H11ClN2. The topological polar surface area (TPSA) is 38.0 Å². The Bertz CT molecular complexity index is 454. The third-order valence-electron chi connectivity index (χ3n) is 2.22. The molecule has 0 amide bonds. The second kappa shape index (κ2) is 4.34. The fourth-order valence-corrected chi connectivity index (χ4v) is 1.68. The number of hydrogen-bond acceptors (Lipinski definition) is 2. The van der Waals surface area contributed by atoms with Crippen LogP contribution >= 0.6 is 11.6 Å². The van der Waals surface area contributed by atoms with Crippen LogP contribution in [0.1, 0.15) is 0 Å². The van der Waals surface area contributed by atoms with E-state index in [9.17, 15) is 0 Å². The molecule has 0 spiro atoms. The summed E-state index contributed by atoms with van der Waals surface area (Å²) in [6, 6.07) is 15.6. The van der Waals surface area contributed by atoms with Crippen LogP contribution in [0.2, 0.25) is 5.02 Å². The van der Waals surface area contributed by atoms with Gasteiger partial charge in [-0.1, -0.05) is 41.9 Å². The Balaban J connectivity index is 2.52. The molecular weight excluding hydrogens is 208 g/mol. The SMILES string of the molecule is NNc1ccc(Cl)c(-c2ccccc2)c1. The van der Waals surface area contributed by atoms with Gasteiger partial charge in [-0.05, 0) is 23.8 Å². The molecule has 2 nitrogen and oxygen atoms in total. The second-order valence-corrected chi connectivity index (χ2v) is 3.61. The number of halogens is 1. The van der Waals surface area contributed by atoms with Crippen LogP contribution in [0, 0.1) is 0 Å². The average molecular weight is 219 g/mol. The Hall–Kier alpha value is -1.51. The molecule has 76 valence electrons. The zero-order chi connectivity index (χ0) is 10.7. The summed E-state index contributed by atoms with van der Waals surface area (Å²) in [7, 11) is 0. The largest absolute Gasteiger partial charge is 0.324 e. The van der Waals surface area contributed by atoms with Crippen LogP contribution in [0.4, 0.5) is 5.69 Å². The van der Waals surface area contributed by atoms with Gasteiger partial charge in [-0.15, -0.1) is 0 Å². The molecule has 0 heterocycles. The van der Waals surface area contributed by atoms with Crippen LogP contribution in [0.25, 0.3) is 11.1 Å². The monoisotopic (exact) mass is 218 g/mol. The predicted octanol–water partition coefficient (Wildman–Crippen LogP) is 3.29. The van der Waals surface area contributed by atoms with Crippen molar-refractivity contribution in [3.8, 4) is 11.1 Å². The lowest BCUT2D eigenvalue weighted by molar-refractivity contribution is 1.35. The molecule has 0 atom stereocenters. The van der Waals surface area contributed by atoms with E-state index in [1.165, 1.54) is 0 Å². The zero-order valence-electron chi connectivity index (χ0n) is 8.07. The van der Waals surface area contributed by atoms with E-state index in [1.807, 2.05) is 48.5 Å². The highest BCUT2D eigenvalue weighted by molar-refractivity contribution is 6.33. The summed E-state index contributed by atoms with van der Waals surface area (Å²) in [5, 5.41) is 0.722. The smallest absolute Gasteiger partial charge is 0.0492 e. The first-order valence-electron chi connectivity index (χ1n) is 4.63. The van der Waals surface area contributed by atoms with Crippen LogP contribution in [-0.4, -0.2) is 0 Å². The number of hydrogen-bond donors (Lipinski definition) is 2. The van der Waals surface area contributed by atoms with E-state index in [4.69, 9.17) is 17.4 Å². The third kappa shape index (κ3) is 2.12. The molecule has 2 rings (SSSR count). The Kier molecular flexibility index (Phi) is 2.90. The van der Waals surface area contributed by atoms with Gasteiger partial charge in [0, 0.05) is 16.3 Å². The molecule has 0 aromatic heterocycles. The van der Waals surface area contributed by atoms with Crippen molar-refractivity contribution in [3.63, 3.8) is 0 Å². The van der Waals surface area contributed by atoms with Crippen LogP contribution in [0.15, 0.2) is 48.5 Å². The molecule has 0 fully saturated rings. The third-order valence-corrected chi connectivity index (χ3v) is 2.55. The number of anilines is 1. The van der Waals surface area contributed by atoms with Gasteiger partial charge in [-0.25, -0.2) is 0 Å². The maximum absolute atomic E-state index is 6.12. The van der Waals surface area contributed by atoms with Gasteiger partial charge < -0.3 is 5.43 Å².